The van der Waals surface area contributed by atoms with Crippen LogP contribution >= 0.6 is 0 Å². The SMILES string of the molecule is C=CC(=O)OCOc1cccc(Cc2nc(Cc3ccccc3)nc(Nc3ccccc3)n2)c1. The molecule has 4 rings (SSSR count). The van der Waals surface area contributed by atoms with Gasteiger partial charge in [0.2, 0.25) is 12.7 Å². The number of para-hydroxylation sites is 1. The van der Waals surface area contributed by atoms with E-state index in [0.29, 0.717) is 36.2 Å². The molecule has 7 nitrogen and oxygen atoms in total. The van der Waals surface area contributed by atoms with E-state index in [0.717, 1.165) is 22.9 Å². The smallest absolute Gasteiger partial charge is 0.333 e. The van der Waals surface area contributed by atoms with Crippen molar-refractivity contribution in [2.24, 2.45) is 0 Å². The molecule has 3 aromatic carbocycles. The minimum atomic E-state index is -0.536. The van der Waals surface area contributed by atoms with E-state index < -0.39 is 5.97 Å². The molecule has 0 aliphatic heterocycles. The number of carbonyl (C=O) groups is 1. The zero-order chi connectivity index (χ0) is 23.6. The first kappa shape index (κ1) is 22.7. The van der Waals surface area contributed by atoms with Crippen LogP contribution in [0.25, 0.3) is 0 Å². The van der Waals surface area contributed by atoms with Crippen molar-refractivity contribution in [2.45, 2.75) is 12.8 Å². The van der Waals surface area contributed by atoms with Crippen LogP contribution in [0.3, 0.4) is 0 Å². The Hall–Kier alpha value is -4.52. The second-order valence-corrected chi connectivity index (χ2v) is 7.40. The molecule has 1 heterocycles. The van der Waals surface area contributed by atoms with Gasteiger partial charge >= 0.3 is 5.97 Å². The zero-order valence-corrected chi connectivity index (χ0v) is 18.6. The van der Waals surface area contributed by atoms with Crippen LogP contribution in [-0.2, 0) is 22.4 Å². The van der Waals surface area contributed by atoms with E-state index in [2.05, 4.69) is 21.9 Å². The average Bonchev–Trinajstić information content (AvgIpc) is 2.85. The average molecular weight is 453 g/mol. The first-order valence-corrected chi connectivity index (χ1v) is 10.8. The summed E-state index contributed by atoms with van der Waals surface area (Å²) >= 11 is 0. The number of carbonyl (C=O) groups excluding carboxylic acids is 1. The normalized spacial score (nSPS) is 10.4. The highest BCUT2D eigenvalue weighted by Crippen LogP contribution is 2.18. The molecule has 0 aliphatic rings. The highest BCUT2D eigenvalue weighted by molar-refractivity contribution is 5.81. The summed E-state index contributed by atoms with van der Waals surface area (Å²) in [6, 6.07) is 27.4. The van der Waals surface area contributed by atoms with Crippen molar-refractivity contribution >= 4 is 17.6 Å². The summed E-state index contributed by atoms with van der Waals surface area (Å²) in [4.78, 5) is 25.2. The molecule has 34 heavy (non-hydrogen) atoms. The molecule has 0 radical (unpaired) electrons. The Labute approximate surface area is 198 Å². The number of rotatable bonds is 10. The van der Waals surface area contributed by atoms with Crippen LogP contribution < -0.4 is 10.1 Å². The lowest BCUT2D eigenvalue weighted by molar-refractivity contribution is -0.144. The minimum absolute atomic E-state index is 0.188. The summed E-state index contributed by atoms with van der Waals surface area (Å²) in [6.07, 6.45) is 2.17. The molecule has 0 unspecified atom stereocenters. The van der Waals surface area contributed by atoms with Gasteiger partial charge in [-0.15, -0.1) is 0 Å². The molecule has 7 heteroatoms. The fraction of sp³-hybridized carbons (Fsp3) is 0.111. The standard InChI is InChI=1S/C27H24N4O3/c1-2-26(32)34-19-33-23-15-9-12-21(16-23)18-25-29-24(17-20-10-5-3-6-11-20)30-27(31-25)28-22-13-7-4-8-14-22/h2-16H,1,17-19H2,(H,28,29,30,31). The van der Waals surface area contributed by atoms with Gasteiger partial charge in [0.1, 0.15) is 17.4 Å². The van der Waals surface area contributed by atoms with Gasteiger partial charge in [0, 0.05) is 24.6 Å². The van der Waals surface area contributed by atoms with Gasteiger partial charge < -0.3 is 14.8 Å². The van der Waals surface area contributed by atoms with Crippen molar-refractivity contribution in [3.8, 4) is 5.75 Å². The molecule has 0 saturated carbocycles. The second kappa shape index (κ2) is 11.4. The van der Waals surface area contributed by atoms with Gasteiger partial charge in [-0.05, 0) is 35.4 Å². The zero-order valence-electron chi connectivity index (χ0n) is 18.6. The van der Waals surface area contributed by atoms with Gasteiger partial charge in [-0.1, -0.05) is 67.2 Å². The maximum Gasteiger partial charge on any atom is 0.333 e. The summed E-state index contributed by atoms with van der Waals surface area (Å²) in [7, 11) is 0. The van der Waals surface area contributed by atoms with Crippen LogP contribution in [-0.4, -0.2) is 27.7 Å². The number of nitrogens with one attached hydrogen (secondary N) is 1. The van der Waals surface area contributed by atoms with Crippen LogP contribution in [0.2, 0.25) is 0 Å². The second-order valence-electron chi connectivity index (χ2n) is 7.40. The third-order valence-corrected chi connectivity index (χ3v) is 4.82. The van der Waals surface area contributed by atoms with Gasteiger partial charge in [0.05, 0.1) is 0 Å². The minimum Gasteiger partial charge on any atom is -0.457 e. The number of ether oxygens (including phenoxy) is 2. The molecule has 0 atom stereocenters. The largest absolute Gasteiger partial charge is 0.457 e. The van der Waals surface area contributed by atoms with Gasteiger partial charge in [0.15, 0.2) is 0 Å². The summed E-state index contributed by atoms with van der Waals surface area (Å²) in [5.74, 6) is 1.85. The lowest BCUT2D eigenvalue weighted by Gasteiger charge is -2.10. The van der Waals surface area contributed by atoms with Crippen molar-refractivity contribution in [3.63, 3.8) is 0 Å². The Balaban J connectivity index is 1.54. The molecular weight excluding hydrogens is 428 g/mol. The highest BCUT2D eigenvalue weighted by atomic mass is 16.7. The molecule has 1 aromatic heterocycles. The lowest BCUT2D eigenvalue weighted by Crippen LogP contribution is -2.09. The monoisotopic (exact) mass is 452 g/mol. The maximum absolute atomic E-state index is 11.2. The quantitative estimate of drug-likeness (QED) is 0.209. The molecule has 0 amide bonds. The van der Waals surface area contributed by atoms with E-state index >= 15 is 0 Å². The molecule has 0 fully saturated rings. The number of esters is 1. The van der Waals surface area contributed by atoms with Gasteiger partial charge in [0.25, 0.3) is 0 Å². The van der Waals surface area contributed by atoms with Crippen molar-refractivity contribution in [1.29, 1.82) is 0 Å². The van der Waals surface area contributed by atoms with Crippen LogP contribution in [0, 0.1) is 0 Å². The summed E-state index contributed by atoms with van der Waals surface area (Å²) in [5.41, 5.74) is 2.97. The fourth-order valence-electron chi connectivity index (χ4n) is 3.25. The van der Waals surface area contributed by atoms with E-state index in [-0.39, 0.29) is 6.79 Å². The molecule has 0 saturated heterocycles. The molecule has 4 aromatic rings. The van der Waals surface area contributed by atoms with Crippen molar-refractivity contribution < 1.29 is 14.3 Å². The number of aromatic nitrogens is 3. The molecule has 1 N–H and O–H groups in total. The van der Waals surface area contributed by atoms with E-state index in [1.165, 1.54) is 0 Å². The topological polar surface area (TPSA) is 86.2 Å². The highest BCUT2D eigenvalue weighted by Gasteiger charge is 2.10. The maximum atomic E-state index is 11.2. The number of anilines is 2. The Morgan fingerprint density at radius 3 is 2.18 bits per heavy atom. The lowest BCUT2D eigenvalue weighted by atomic mass is 10.1. The third kappa shape index (κ3) is 6.74. The molecule has 0 aliphatic carbocycles. The molecule has 170 valence electrons. The Morgan fingerprint density at radius 1 is 0.824 bits per heavy atom. The Bertz CT molecular complexity index is 1190. The van der Waals surface area contributed by atoms with E-state index in [1.54, 1.807) is 6.07 Å². The van der Waals surface area contributed by atoms with Gasteiger partial charge in [-0.3, -0.25) is 0 Å². The number of benzene rings is 3. The van der Waals surface area contributed by atoms with Crippen molar-refractivity contribution in [2.75, 3.05) is 12.1 Å². The molecule has 0 spiro atoms. The molecule has 0 bridgehead atoms. The van der Waals surface area contributed by atoms with Crippen LogP contribution in [0.15, 0.2) is 97.6 Å². The first-order chi connectivity index (χ1) is 16.7. The van der Waals surface area contributed by atoms with Crippen LogP contribution in [0.4, 0.5) is 11.6 Å². The number of nitrogens with zero attached hydrogens (tertiary/aromatic N) is 3. The van der Waals surface area contributed by atoms with E-state index in [4.69, 9.17) is 14.5 Å². The van der Waals surface area contributed by atoms with Crippen LogP contribution in [0.5, 0.6) is 5.75 Å². The van der Waals surface area contributed by atoms with Gasteiger partial charge in [-0.25, -0.2) is 9.78 Å². The van der Waals surface area contributed by atoms with Crippen molar-refractivity contribution in [3.05, 3.63) is 120 Å². The Morgan fingerprint density at radius 2 is 1.47 bits per heavy atom. The number of hydrogen-bond donors (Lipinski definition) is 1. The fourth-order valence-corrected chi connectivity index (χ4v) is 3.25. The summed E-state index contributed by atoms with van der Waals surface area (Å²) in [5, 5.41) is 3.27. The summed E-state index contributed by atoms with van der Waals surface area (Å²) in [6.45, 7) is 3.17. The van der Waals surface area contributed by atoms with Crippen LogP contribution in [0.1, 0.15) is 22.8 Å². The molecular formula is C27H24N4O3. The Kier molecular flexibility index (Phi) is 7.58. The predicted molar refractivity (Wildman–Crippen MR) is 130 cm³/mol. The van der Waals surface area contributed by atoms with Crippen molar-refractivity contribution in [1.82, 2.24) is 15.0 Å². The van der Waals surface area contributed by atoms with E-state index in [1.807, 2.05) is 78.9 Å². The number of hydrogen-bond acceptors (Lipinski definition) is 7. The van der Waals surface area contributed by atoms with Gasteiger partial charge in [-0.2, -0.15) is 9.97 Å². The van der Waals surface area contributed by atoms with E-state index in [9.17, 15) is 4.79 Å². The first-order valence-electron chi connectivity index (χ1n) is 10.8. The predicted octanol–water partition coefficient (Wildman–Crippen LogP) is 4.86. The third-order valence-electron chi connectivity index (χ3n) is 4.82. The summed E-state index contributed by atoms with van der Waals surface area (Å²) < 4.78 is 10.4.